The van der Waals surface area contributed by atoms with E-state index in [-0.39, 0.29) is 5.97 Å². The molecule has 0 saturated heterocycles. The Kier molecular flexibility index (Phi) is 3.92. The van der Waals surface area contributed by atoms with Crippen LogP contribution in [0.25, 0.3) is 21.5 Å². The molecule has 4 nitrogen and oxygen atoms in total. The first-order chi connectivity index (χ1) is 10.3. The van der Waals surface area contributed by atoms with Crippen LogP contribution in [0.1, 0.15) is 12.1 Å². The van der Waals surface area contributed by atoms with E-state index in [2.05, 4.69) is 20.8 Å². The van der Waals surface area contributed by atoms with Gasteiger partial charge < -0.3 is 4.74 Å². The van der Waals surface area contributed by atoms with Crippen molar-refractivity contribution in [1.82, 2.24) is 9.97 Å². The quantitative estimate of drug-likeness (QED) is 0.692. The molecule has 21 heavy (non-hydrogen) atoms. The summed E-state index contributed by atoms with van der Waals surface area (Å²) in [7, 11) is 1.40. The van der Waals surface area contributed by atoms with Gasteiger partial charge >= 0.3 is 5.97 Å². The first-order valence-electron chi connectivity index (χ1n) is 6.63. The van der Waals surface area contributed by atoms with Gasteiger partial charge in [0.15, 0.2) is 0 Å². The molecular weight excluding hydrogens is 284 g/mol. The molecule has 0 fully saturated rings. The minimum absolute atomic E-state index is 0.215. The molecule has 0 bridgehead atoms. The molecule has 2 aromatic heterocycles. The van der Waals surface area contributed by atoms with Crippen LogP contribution in [0.15, 0.2) is 41.9 Å². The highest BCUT2D eigenvalue weighted by atomic mass is 32.1. The Morgan fingerprint density at radius 1 is 1.29 bits per heavy atom. The molecule has 1 aromatic carbocycles. The van der Waals surface area contributed by atoms with E-state index in [0.29, 0.717) is 12.8 Å². The summed E-state index contributed by atoms with van der Waals surface area (Å²) in [6, 6.07) is 10.1. The van der Waals surface area contributed by atoms with Gasteiger partial charge in [-0.25, -0.2) is 4.98 Å². The topological polar surface area (TPSA) is 52.1 Å². The number of methoxy groups -OCH3 is 1. The van der Waals surface area contributed by atoms with E-state index in [4.69, 9.17) is 0 Å². The van der Waals surface area contributed by atoms with Crippen molar-refractivity contribution < 1.29 is 9.53 Å². The molecule has 5 heteroatoms. The Bertz CT molecular complexity index is 777. The first kappa shape index (κ1) is 13.7. The van der Waals surface area contributed by atoms with Crippen LogP contribution in [0.2, 0.25) is 0 Å². The Balaban J connectivity index is 1.90. The van der Waals surface area contributed by atoms with E-state index in [9.17, 15) is 4.79 Å². The van der Waals surface area contributed by atoms with E-state index in [1.165, 1.54) is 7.11 Å². The average molecular weight is 298 g/mol. The Morgan fingerprint density at radius 2 is 2.14 bits per heavy atom. The molecule has 0 spiro atoms. The van der Waals surface area contributed by atoms with Crippen LogP contribution in [-0.4, -0.2) is 23.0 Å². The first-order valence-corrected chi connectivity index (χ1v) is 7.51. The molecular formula is C16H14N2O2S. The molecule has 3 rings (SSSR count). The molecule has 0 saturated carbocycles. The van der Waals surface area contributed by atoms with Crippen molar-refractivity contribution in [3.05, 3.63) is 47.6 Å². The fraction of sp³-hybridized carbons (Fsp3) is 0.188. The average Bonchev–Trinajstić information content (AvgIpc) is 3.00. The fourth-order valence-corrected chi connectivity index (χ4v) is 3.02. The van der Waals surface area contributed by atoms with Gasteiger partial charge in [0, 0.05) is 23.4 Å². The Morgan fingerprint density at radius 3 is 3.00 bits per heavy atom. The Hall–Kier alpha value is -2.27. The molecule has 0 radical (unpaired) electrons. The number of aromatic nitrogens is 2. The van der Waals surface area contributed by atoms with Gasteiger partial charge in [-0.15, -0.1) is 11.3 Å². The number of hydrogen-bond donors (Lipinski definition) is 0. The molecule has 0 aliphatic rings. The van der Waals surface area contributed by atoms with Gasteiger partial charge in [0.2, 0.25) is 0 Å². The number of thiazole rings is 1. The van der Waals surface area contributed by atoms with Crippen molar-refractivity contribution in [3.8, 4) is 10.7 Å². The highest BCUT2D eigenvalue weighted by Gasteiger charge is 2.10. The predicted octanol–water partition coefficient (Wildman–Crippen LogP) is 3.46. The van der Waals surface area contributed by atoms with Gasteiger partial charge in [-0.1, -0.05) is 24.3 Å². The molecule has 2 heterocycles. The highest BCUT2D eigenvalue weighted by molar-refractivity contribution is 7.13. The van der Waals surface area contributed by atoms with Crippen molar-refractivity contribution in [1.29, 1.82) is 0 Å². The SMILES string of the molecule is COC(=O)CCc1csc(-c2nccc3ccccc23)n1. The summed E-state index contributed by atoms with van der Waals surface area (Å²) in [5.41, 5.74) is 1.79. The number of hydrogen-bond acceptors (Lipinski definition) is 5. The zero-order valence-electron chi connectivity index (χ0n) is 11.6. The third-order valence-corrected chi connectivity index (χ3v) is 4.14. The molecule has 106 valence electrons. The highest BCUT2D eigenvalue weighted by Crippen LogP contribution is 2.29. The molecule has 0 atom stereocenters. The van der Waals surface area contributed by atoms with E-state index < -0.39 is 0 Å². The standard InChI is InChI=1S/C16H14N2O2S/c1-20-14(19)7-6-12-10-21-16(18-12)15-13-5-3-2-4-11(13)8-9-17-15/h2-5,8-10H,6-7H2,1H3. The summed E-state index contributed by atoms with van der Waals surface area (Å²) in [5, 5.41) is 5.09. The predicted molar refractivity (Wildman–Crippen MR) is 83.2 cm³/mol. The number of fused-ring (bicyclic) bond motifs is 1. The molecule has 0 N–H and O–H groups in total. The van der Waals surface area contributed by atoms with Crippen molar-refractivity contribution in [2.45, 2.75) is 12.8 Å². The van der Waals surface area contributed by atoms with Crippen LogP contribution >= 0.6 is 11.3 Å². The number of carbonyl (C=O) groups is 1. The van der Waals surface area contributed by atoms with E-state index in [1.54, 1.807) is 17.5 Å². The van der Waals surface area contributed by atoms with E-state index in [1.807, 2.05) is 29.6 Å². The number of ether oxygens (including phenoxy) is 1. The third kappa shape index (κ3) is 2.92. The van der Waals surface area contributed by atoms with E-state index >= 15 is 0 Å². The third-order valence-electron chi connectivity index (χ3n) is 3.24. The fourth-order valence-electron chi connectivity index (χ4n) is 2.15. The van der Waals surface area contributed by atoms with Crippen LogP contribution in [0, 0.1) is 0 Å². The van der Waals surface area contributed by atoms with Crippen LogP contribution in [-0.2, 0) is 16.0 Å². The molecule has 0 unspecified atom stereocenters. The molecule has 0 aliphatic heterocycles. The maximum Gasteiger partial charge on any atom is 0.305 e. The summed E-state index contributed by atoms with van der Waals surface area (Å²) < 4.78 is 4.65. The summed E-state index contributed by atoms with van der Waals surface area (Å²) in [6.45, 7) is 0. The van der Waals surface area contributed by atoms with Gasteiger partial charge in [-0.3, -0.25) is 9.78 Å². The molecule has 0 aliphatic carbocycles. The van der Waals surface area contributed by atoms with Gasteiger partial charge in [-0.05, 0) is 11.5 Å². The zero-order chi connectivity index (χ0) is 14.7. The number of nitrogens with zero attached hydrogens (tertiary/aromatic N) is 2. The normalized spacial score (nSPS) is 10.7. The second-order valence-electron chi connectivity index (χ2n) is 4.60. The zero-order valence-corrected chi connectivity index (χ0v) is 12.4. The minimum Gasteiger partial charge on any atom is -0.469 e. The summed E-state index contributed by atoms with van der Waals surface area (Å²) in [4.78, 5) is 20.2. The largest absolute Gasteiger partial charge is 0.469 e. The van der Waals surface area contributed by atoms with Gasteiger partial charge in [0.05, 0.1) is 19.2 Å². The van der Waals surface area contributed by atoms with Crippen molar-refractivity contribution in [2.24, 2.45) is 0 Å². The molecule has 3 aromatic rings. The number of aryl methyl sites for hydroxylation is 1. The number of esters is 1. The second kappa shape index (κ2) is 6.01. The number of carbonyl (C=O) groups excluding carboxylic acids is 1. The summed E-state index contributed by atoms with van der Waals surface area (Å²) >= 11 is 1.55. The van der Waals surface area contributed by atoms with Crippen molar-refractivity contribution in [3.63, 3.8) is 0 Å². The van der Waals surface area contributed by atoms with Crippen molar-refractivity contribution in [2.75, 3.05) is 7.11 Å². The lowest BCUT2D eigenvalue weighted by Gasteiger charge is -2.02. The van der Waals surface area contributed by atoms with Gasteiger partial charge in [0.1, 0.15) is 10.7 Å². The lowest BCUT2D eigenvalue weighted by atomic mass is 10.1. The number of rotatable bonds is 4. The lowest BCUT2D eigenvalue weighted by Crippen LogP contribution is -2.01. The van der Waals surface area contributed by atoms with Gasteiger partial charge in [0.25, 0.3) is 0 Å². The number of pyridine rings is 1. The Labute approximate surface area is 126 Å². The van der Waals surface area contributed by atoms with Crippen LogP contribution in [0.5, 0.6) is 0 Å². The lowest BCUT2D eigenvalue weighted by molar-refractivity contribution is -0.140. The maximum atomic E-state index is 11.2. The summed E-state index contributed by atoms with van der Waals surface area (Å²) in [6.07, 6.45) is 2.74. The van der Waals surface area contributed by atoms with E-state index in [0.717, 1.165) is 27.2 Å². The number of benzene rings is 1. The van der Waals surface area contributed by atoms with Crippen LogP contribution in [0.3, 0.4) is 0 Å². The maximum absolute atomic E-state index is 11.2. The monoisotopic (exact) mass is 298 g/mol. The minimum atomic E-state index is -0.215. The summed E-state index contributed by atoms with van der Waals surface area (Å²) in [5.74, 6) is -0.215. The molecule has 0 amide bonds. The smallest absolute Gasteiger partial charge is 0.305 e. The van der Waals surface area contributed by atoms with Crippen LogP contribution in [0.4, 0.5) is 0 Å². The van der Waals surface area contributed by atoms with Gasteiger partial charge in [-0.2, -0.15) is 0 Å². The second-order valence-corrected chi connectivity index (χ2v) is 5.46. The van der Waals surface area contributed by atoms with Crippen molar-refractivity contribution >= 4 is 28.1 Å². The van der Waals surface area contributed by atoms with Crippen LogP contribution < -0.4 is 0 Å².